The number of likely N-dealkylation sites (N-methyl/N-ethyl adjacent to an activating group) is 1. The van der Waals surface area contributed by atoms with Gasteiger partial charge in [-0.15, -0.1) is 0 Å². The Labute approximate surface area is 166 Å². The van der Waals surface area contributed by atoms with Gasteiger partial charge < -0.3 is 15.4 Å². The Morgan fingerprint density at radius 1 is 0.964 bits per heavy atom. The molecule has 0 unspecified atom stereocenters. The second-order valence-corrected chi connectivity index (χ2v) is 6.94. The molecule has 0 saturated heterocycles. The van der Waals surface area contributed by atoms with Gasteiger partial charge in [0, 0.05) is 12.2 Å². The van der Waals surface area contributed by atoms with Crippen LogP contribution in [0.5, 0.6) is 5.75 Å². The molecule has 0 aliphatic rings. The third kappa shape index (κ3) is 6.70. The van der Waals surface area contributed by atoms with Crippen molar-refractivity contribution in [1.82, 2.24) is 10.2 Å². The predicted molar refractivity (Wildman–Crippen MR) is 112 cm³/mol. The van der Waals surface area contributed by atoms with Crippen LogP contribution in [0.1, 0.15) is 16.7 Å². The minimum atomic E-state index is -0.133. The molecule has 28 heavy (non-hydrogen) atoms. The fourth-order valence-electron chi connectivity index (χ4n) is 2.93. The van der Waals surface area contributed by atoms with E-state index in [1.54, 1.807) is 19.1 Å². The van der Waals surface area contributed by atoms with E-state index in [0.717, 1.165) is 34.5 Å². The minimum Gasteiger partial charge on any atom is -0.497 e. The number of ether oxygens (including phenoxy) is 1. The lowest BCUT2D eigenvalue weighted by Gasteiger charge is -2.17. The van der Waals surface area contributed by atoms with Crippen molar-refractivity contribution < 1.29 is 14.3 Å². The summed E-state index contributed by atoms with van der Waals surface area (Å²) >= 11 is 0. The van der Waals surface area contributed by atoms with Crippen LogP contribution in [0.2, 0.25) is 0 Å². The number of rotatable bonds is 9. The van der Waals surface area contributed by atoms with Gasteiger partial charge in [-0.2, -0.15) is 0 Å². The van der Waals surface area contributed by atoms with Crippen LogP contribution in [0.25, 0.3) is 0 Å². The highest BCUT2D eigenvalue weighted by atomic mass is 16.5. The molecular formula is C22H29N3O3. The number of aryl methyl sites for hydroxylation is 2. The van der Waals surface area contributed by atoms with Crippen molar-refractivity contribution in [2.75, 3.05) is 39.1 Å². The van der Waals surface area contributed by atoms with Crippen LogP contribution in [0, 0.1) is 13.8 Å². The van der Waals surface area contributed by atoms with E-state index in [9.17, 15) is 9.59 Å². The maximum Gasteiger partial charge on any atom is 0.238 e. The number of benzene rings is 2. The van der Waals surface area contributed by atoms with Crippen LogP contribution in [-0.4, -0.2) is 50.5 Å². The van der Waals surface area contributed by atoms with Gasteiger partial charge in [0.1, 0.15) is 5.75 Å². The van der Waals surface area contributed by atoms with Gasteiger partial charge in [-0.3, -0.25) is 14.5 Å². The summed E-state index contributed by atoms with van der Waals surface area (Å²) in [6.07, 6.45) is 0.743. The summed E-state index contributed by atoms with van der Waals surface area (Å²) < 4.78 is 5.13. The fraction of sp³-hybridized carbons (Fsp3) is 0.364. The first kappa shape index (κ1) is 21.4. The monoisotopic (exact) mass is 383 g/mol. The van der Waals surface area contributed by atoms with Crippen molar-refractivity contribution in [3.8, 4) is 5.75 Å². The molecule has 150 valence electrons. The van der Waals surface area contributed by atoms with Gasteiger partial charge in [0.2, 0.25) is 11.8 Å². The number of methoxy groups -OCH3 is 1. The molecular weight excluding hydrogens is 354 g/mol. The average Bonchev–Trinajstić information content (AvgIpc) is 2.65. The maximum atomic E-state index is 12.3. The molecule has 2 amide bonds. The number of nitrogens with one attached hydrogen (secondary N) is 2. The molecule has 0 bridgehead atoms. The summed E-state index contributed by atoms with van der Waals surface area (Å²) in [7, 11) is 3.39. The summed E-state index contributed by atoms with van der Waals surface area (Å²) in [6.45, 7) is 4.79. The van der Waals surface area contributed by atoms with Crippen LogP contribution < -0.4 is 15.4 Å². The van der Waals surface area contributed by atoms with Gasteiger partial charge in [-0.1, -0.05) is 30.3 Å². The number of carbonyl (C=O) groups excluding carboxylic acids is 2. The SMILES string of the molecule is COc1ccc(CCNC(=O)CN(C)CC(=O)Nc2c(C)cccc2C)cc1. The third-order valence-corrected chi connectivity index (χ3v) is 4.47. The second-order valence-electron chi connectivity index (χ2n) is 6.94. The molecule has 2 aromatic rings. The van der Waals surface area contributed by atoms with Crippen LogP contribution >= 0.6 is 0 Å². The molecule has 0 aromatic heterocycles. The normalized spacial score (nSPS) is 10.6. The van der Waals surface area contributed by atoms with Gasteiger partial charge in [0.15, 0.2) is 0 Å². The Hall–Kier alpha value is -2.86. The Morgan fingerprint density at radius 3 is 2.18 bits per heavy atom. The highest BCUT2D eigenvalue weighted by molar-refractivity contribution is 5.94. The molecule has 0 aliphatic heterocycles. The molecule has 0 fully saturated rings. The lowest BCUT2D eigenvalue weighted by molar-refractivity contribution is -0.122. The zero-order valence-corrected chi connectivity index (χ0v) is 17.0. The summed E-state index contributed by atoms with van der Waals surface area (Å²) in [4.78, 5) is 26.1. The average molecular weight is 383 g/mol. The first-order valence-electron chi connectivity index (χ1n) is 9.33. The van der Waals surface area contributed by atoms with Crippen molar-refractivity contribution in [3.63, 3.8) is 0 Å². The Kier molecular flexibility index (Phi) is 8.02. The number of para-hydroxylation sites is 1. The Morgan fingerprint density at radius 2 is 1.57 bits per heavy atom. The molecule has 0 heterocycles. The van der Waals surface area contributed by atoms with Crippen LogP contribution in [0.15, 0.2) is 42.5 Å². The van der Waals surface area contributed by atoms with E-state index in [4.69, 9.17) is 4.74 Å². The van der Waals surface area contributed by atoms with Crippen LogP contribution in [0.4, 0.5) is 5.69 Å². The zero-order chi connectivity index (χ0) is 20.5. The predicted octanol–water partition coefficient (Wildman–Crippen LogP) is 2.54. The van der Waals surface area contributed by atoms with Crippen LogP contribution in [-0.2, 0) is 16.0 Å². The minimum absolute atomic E-state index is 0.101. The van der Waals surface area contributed by atoms with Crippen molar-refractivity contribution >= 4 is 17.5 Å². The highest BCUT2D eigenvalue weighted by Gasteiger charge is 2.12. The topological polar surface area (TPSA) is 70.7 Å². The quantitative estimate of drug-likeness (QED) is 0.698. The number of nitrogens with zero attached hydrogens (tertiary/aromatic N) is 1. The molecule has 0 radical (unpaired) electrons. The van der Waals surface area contributed by atoms with E-state index in [1.807, 2.05) is 56.3 Å². The maximum absolute atomic E-state index is 12.3. The van der Waals surface area contributed by atoms with Gasteiger partial charge in [-0.25, -0.2) is 0 Å². The number of amides is 2. The molecule has 6 heteroatoms. The smallest absolute Gasteiger partial charge is 0.238 e. The van der Waals surface area contributed by atoms with E-state index in [-0.39, 0.29) is 24.9 Å². The van der Waals surface area contributed by atoms with Crippen molar-refractivity contribution in [2.45, 2.75) is 20.3 Å². The standard InChI is InChI=1S/C22H29N3O3/c1-16-6-5-7-17(2)22(16)24-21(27)15-25(3)14-20(26)23-13-12-18-8-10-19(28-4)11-9-18/h5-11H,12-15H2,1-4H3,(H,23,26)(H,24,27). The number of hydrogen-bond acceptors (Lipinski definition) is 4. The number of hydrogen-bond donors (Lipinski definition) is 2. The highest BCUT2D eigenvalue weighted by Crippen LogP contribution is 2.19. The van der Waals surface area contributed by atoms with E-state index in [1.165, 1.54) is 0 Å². The Bertz CT molecular complexity index is 783. The fourth-order valence-corrected chi connectivity index (χ4v) is 2.93. The molecule has 2 rings (SSSR count). The van der Waals surface area contributed by atoms with Crippen LogP contribution in [0.3, 0.4) is 0 Å². The summed E-state index contributed by atoms with van der Waals surface area (Å²) in [5, 5.41) is 5.82. The van der Waals surface area contributed by atoms with E-state index >= 15 is 0 Å². The lowest BCUT2D eigenvalue weighted by atomic mass is 10.1. The summed E-state index contributed by atoms with van der Waals surface area (Å²) in [5.74, 6) is 0.579. The van der Waals surface area contributed by atoms with Crippen molar-refractivity contribution in [2.24, 2.45) is 0 Å². The first-order valence-corrected chi connectivity index (χ1v) is 9.33. The van der Waals surface area contributed by atoms with Gasteiger partial charge in [-0.05, 0) is 56.1 Å². The van der Waals surface area contributed by atoms with E-state index in [2.05, 4.69) is 10.6 Å². The molecule has 2 aromatic carbocycles. The lowest BCUT2D eigenvalue weighted by Crippen LogP contribution is -2.39. The second kappa shape index (κ2) is 10.5. The zero-order valence-electron chi connectivity index (χ0n) is 17.0. The van der Waals surface area contributed by atoms with Crippen molar-refractivity contribution in [3.05, 3.63) is 59.2 Å². The summed E-state index contributed by atoms with van der Waals surface area (Å²) in [6, 6.07) is 13.7. The third-order valence-electron chi connectivity index (χ3n) is 4.47. The molecule has 6 nitrogen and oxygen atoms in total. The first-order chi connectivity index (χ1) is 13.4. The number of anilines is 1. The van der Waals surface area contributed by atoms with E-state index < -0.39 is 0 Å². The molecule has 2 N–H and O–H groups in total. The number of carbonyl (C=O) groups is 2. The molecule has 0 spiro atoms. The largest absolute Gasteiger partial charge is 0.497 e. The molecule has 0 saturated carbocycles. The summed E-state index contributed by atoms with van der Waals surface area (Å²) in [5.41, 5.74) is 4.01. The Balaban J connectivity index is 1.71. The molecule has 0 atom stereocenters. The van der Waals surface area contributed by atoms with Gasteiger partial charge >= 0.3 is 0 Å². The van der Waals surface area contributed by atoms with Gasteiger partial charge in [0.25, 0.3) is 0 Å². The van der Waals surface area contributed by atoms with E-state index in [0.29, 0.717) is 6.54 Å². The molecule has 0 aliphatic carbocycles. The van der Waals surface area contributed by atoms with Crippen molar-refractivity contribution in [1.29, 1.82) is 0 Å². The van der Waals surface area contributed by atoms with Gasteiger partial charge in [0.05, 0.1) is 20.2 Å².